The van der Waals surface area contributed by atoms with E-state index in [1.807, 2.05) is 13.0 Å². The first-order chi connectivity index (χ1) is 14.6. The van der Waals surface area contributed by atoms with E-state index < -0.39 is 0 Å². The van der Waals surface area contributed by atoms with Crippen LogP contribution in [0.5, 0.6) is 11.5 Å². The van der Waals surface area contributed by atoms with Crippen LogP contribution < -0.4 is 14.8 Å². The molecular weight excluding hydrogens is 378 g/mol. The van der Waals surface area contributed by atoms with Crippen LogP contribution in [-0.4, -0.2) is 49.1 Å². The van der Waals surface area contributed by atoms with Gasteiger partial charge >= 0.3 is 0 Å². The number of aromatic amines is 1. The number of piperidine rings is 1. The molecule has 6 heteroatoms. The van der Waals surface area contributed by atoms with E-state index in [9.17, 15) is 4.79 Å². The predicted octanol–water partition coefficient (Wildman–Crippen LogP) is 4.39. The van der Waals surface area contributed by atoms with Crippen LogP contribution in [0.1, 0.15) is 31.2 Å². The summed E-state index contributed by atoms with van der Waals surface area (Å²) >= 11 is 0. The zero-order valence-corrected chi connectivity index (χ0v) is 17.8. The number of methoxy groups -OCH3 is 2. The summed E-state index contributed by atoms with van der Waals surface area (Å²) in [5.74, 6) is 1.76. The average Bonchev–Trinajstić information content (AvgIpc) is 3.22. The molecule has 0 spiro atoms. The lowest BCUT2D eigenvalue weighted by molar-refractivity contribution is -0.121. The first kappa shape index (κ1) is 20.3. The summed E-state index contributed by atoms with van der Waals surface area (Å²) in [6.07, 6.45) is 4.25. The fraction of sp³-hybridized carbons (Fsp3) is 0.375. The molecule has 0 radical (unpaired) electrons. The van der Waals surface area contributed by atoms with Crippen molar-refractivity contribution < 1.29 is 14.3 Å². The number of ether oxygens (including phenoxy) is 2. The Morgan fingerprint density at radius 1 is 1.10 bits per heavy atom. The van der Waals surface area contributed by atoms with Crippen LogP contribution in [0.3, 0.4) is 0 Å². The summed E-state index contributed by atoms with van der Waals surface area (Å²) in [6.45, 7) is 3.79. The van der Waals surface area contributed by atoms with Crippen molar-refractivity contribution in [2.24, 2.45) is 0 Å². The van der Waals surface area contributed by atoms with E-state index in [-0.39, 0.29) is 11.9 Å². The van der Waals surface area contributed by atoms with E-state index in [4.69, 9.17) is 9.47 Å². The number of fused-ring (bicyclic) bond motifs is 1. The van der Waals surface area contributed by atoms with Crippen LogP contribution in [0.4, 0.5) is 5.69 Å². The fourth-order valence-electron chi connectivity index (χ4n) is 4.36. The smallest absolute Gasteiger partial charge is 0.241 e. The number of H-pyrrole nitrogens is 1. The highest BCUT2D eigenvalue weighted by Crippen LogP contribution is 2.34. The fourth-order valence-corrected chi connectivity index (χ4v) is 4.36. The van der Waals surface area contributed by atoms with E-state index in [0.29, 0.717) is 23.1 Å². The van der Waals surface area contributed by atoms with Crippen LogP contribution in [0.15, 0.2) is 48.7 Å². The number of aromatic nitrogens is 1. The zero-order chi connectivity index (χ0) is 21.1. The Morgan fingerprint density at radius 2 is 1.83 bits per heavy atom. The maximum Gasteiger partial charge on any atom is 0.241 e. The third-order valence-electron chi connectivity index (χ3n) is 6.17. The van der Waals surface area contributed by atoms with E-state index in [0.717, 1.165) is 25.9 Å². The van der Waals surface area contributed by atoms with Gasteiger partial charge in [0, 0.05) is 28.9 Å². The third-order valence-corrected chi connectivity index (χ3v) is 6.17. The monoisotopic (exact) mass is 407 g/mol. The quantitative estimate of drug-likeness (QED) is 0.636. The van der Waals surface area contributed by atoms with Crippen molar-refractivity contribution in [2.75, 3.05) is 32.6 Å². The maximum absolute atomic E-state index is 12.8. The van der Waals surface area contributed by atoms with Gasteiger partial charge in [0.25, 0.3) is 0 Å². The minimum atomic E-state index is -0.193. The van der Waals surface area contributed by atoms with Crippen molar-refractivity contribution in [1.82, 2.24) is 9.88 Å². The first-order valence-corrected chi connectivity index (χ1v) is 10.4. The molecule has 4 rings (SSSR count). The summed E-state index contributed by atoms with van der Waals surface area (Å²) in [7, 11) is 3.18. The number of rotatable bonds is 6. The number of carbonyl (C=O) groups is 1. The van der Waals surface area contributed by atoms with Gasteiger partial charge in [0.2, 0.25) is 5.91 Å². The Balaban J connectivity index is 1.37. The summed E-state index contributed by atoms with van der Waals surface area (Å²) < 4.78 is 10.6. The first-order valence-electron chi connectivity index (χ1n) is 10.4. The van der Waals surface area contributed by atoms with Crippen LogP contribution >= 0.6 is 0 Å². The van der Waals surface area contributed by atoms with E-state index in [1.165, 1.54) is 16.5 Å². The van der Waals surface area contributed by atoms with Crippen LogP contribution in [-0.2, 0) is 4.79 Å². The van der Waals surface area contributed by atoms with Crippen LogP contribution in [0.25, 0.3) is 10.9 Å². The number of carbonyl (C=O) groups excluding carboxylic acids is 1. The van der Waals surface area contributed by atoms with Gasteiger partial charge in [0.15, 0.2) is 11.5 Å². The molecule has 1 amide bonds. The molecule has 3 aromatic rings. The summed E-state index contributed by atoms with van der Waals surface area (Å²) in [6, 6.07) is 13.7. The molecule has 1 aliphatic rings. The Bertz CT molecular complexity index is 1020. The minimum Gasteiger partial charge on any atom is -0.493 e. The van der Waals surface area contributed by atoms with E-state index >= 15 is 0 Å². The van der Waals surface area contributed by atoms with Crippen molar-refractivity contribution in [3.05, 3.63) is 54.2 Å². The van der Waals surface area contributed by atoms with Gasteiger partial charge < -0.3 is 19.8 Å². The molecule has 1 atom stereocenters. The number of anilines is 1. The molecule has 30 heavy (non-hydrogen) atoms. The number of hydrogen-bond donors (Lipinski definition) is 2. The second kappa shape index (κ2) is 8.79. The molecule has 1 unspecified atom stereocenters. The highest BCUT2D eigenvalue weighted by molar-refractivity contribution is 5.94. The summed E-state index contributed by atoms with van der Waals surface area (Å²) in [4.78, 5) is 18.5. The SMILES string of the molecule is COc1ccc(NC(=O)C(C)N2CCC(c3c[nH]c4ccccc34)CC2)cc1OC. The van der Waals surface area contributed by atoms with Crippen molar-refractivity contribution in [3.8, 4) is 11.5 Å². The number of para-hydroxylation sites is 1. The van der Waals surface area contributed by atoms with Gasteiger partial charge in [0.05, 0.1) is 20.3 Å². The minimum absolute atomic E-state index is 0.00670. The van der Waals surface area contributed by atoms with Gasteiger partial charge in [-0.2, -0.15) is 0 Å². The van der Waals surface area contributed by atoms with Gasteiger partial charge in [-0.1, -0.05) is 18.2 Å². The zero-order valence-electron chi connectivity index (χ0n) is 17.8. The summed E-state index contributed by atoms with van der Waals surface area (Å²) in [5.41, 5.74) is 3.29. The van der Waals surface area contributed by atoms with Gasteiger partial charge in [-0.3, -0.25) is 9.69 Å². The molecule has 1 aliphatic heterocycles. The molecule has 2 N–H and O–H groups in total. The standard InChI is InChI=1S/C24H29N3O3/c1-16(24(28)26-18-8-9-22(29-2)23(14-18)30-3)27-12-10-17(11-13-27)20-15-25-21-7-5-4-6-19(20)21/h4-9,14-17,25H,10-13H2,1-3H3,(H,26,28). The lowest BCUT2D eigenvalue weighted by Gasteiger charge is -2.35. The molecular formula is C24H29N3O3. The maximum atomic E-state index is 12.8. The van der Waals surface area contributed by atoms with Gasteiger partial charge in [-0.05, 0) is 62.5 Å². The average molecular weight is 408 g/mol. The molecule has 0 bridgehead atoms. The van der Waals surface area contributed by atoms with Crippen molar-refractivity contribution in [1.29, 1.82) is 0 Å². The normalized spacial score (nSPS) is 16.4. The number of nitrogens with one attached hydrogen (secondary N) is 2. The van der Waals surface area contributed by atoms with E-state index in [1.54, 1.807) is 26.4 Å². The highest BCUT2D eigenvalue weighted by Gasteiger charge is 2.28. The second-order valence-electron chi connectivity index (χ2n) is 7.83. The topological polar surface area (TPSA) is 66.6 Å². The second-order valence-corrected chi connectivity index (χ2v) is 7.83. The predicted molar refractivity (Wildman–Crippen MR) is 119 cm³/mol. The Hall–Kier alpha value is -2.99. The number of nitrogens with zero attached hydrogens (tertiary/aromatic N) is 1. The molecule has 6 nitrogen and oxygen atoms in total. The van der Waals surface area contributed by atoms with Crippen LogP contribution in [0, 0.1) is 0 Å². The van der Waals surface area contributed by atoms with Gasteiger partial charge in [0.1, 0.15) is 0 Å². The molecule has 0 aliphatic carbocycles. The Kier molecular flexibility index (Phi) is 5.95. The number of hydrogen-bond acceptors (Lipinski definition) is 4. The Morgan fingerprint density at radius 3 is 2.57 bits per heavy atom. The molecule has 1 aromatic heterocycles. The van der Waals surface area contributed by atoms with Gasteiger partial charge in [-0.15, -0.1) is 0 Å². The largest absolute Gasteiger partial charge is 0.493 e. The molecule has 2 aromatic carbocycles. The van der Waals surface area contributed by atoms with E-state index in [2.05, 4.69) is 45.7 Å². The van der Waals surface area contributed by atoms with Crippen molar-refractivity contribution in [2.45, 2.75) is 31.7 Å². The number of amides is 1. The molecule has 158 valence electrons. The molecule has 0 saturated carbocycles. The third kappa shape index (κ3) is 4.00. The highest BCUT2D eigenvalue weighted by atomic mass is 16.5. The number of likely N-dealkylation sites (tertiary alicyclic amines) is 1. The lowest BCUT2D eigenvalue weighted by atomic mass is 9.88. The molecule has 1 saturated heterocycles. The molecule has 1 fully saturated rings. The number of benzene rings is 2. The lowest BCUT2D eigenvalue weighted by Crippen LogP contribution is -2.45. The van der Waals surface area contributed by atoms with Crippen molar-refractivity contribution >= 4 is 22.5 Å². The Labute approximate surface area is 177 Å². The van der Waals surface area contributed by atoms with Crippen molar-refractivity contribution in [3.63, 3.8) is 0 Å². The summed E-state index contributed by atoms with van der Waals surface area (Å²) in [5, 5.41) is 4.32. The molecule has 2 heterocycles. The van der Waals surface area contributed by atoms with Crippen LogP contribution in [0.2, 0.25) is 0 Å². The van der Waals surface area contributed by atoms with Gasteiger partial charge in [-0.25, -0.2) is 0 Å².